The summed E-state index contributed by atoms with van der Waals surface area (Å²) < 4.78 is 14.1. The molecule has 160 valence electrons. The number of amides is 1. The summed E-state index contributed by atoms with van der Waals surface area (Å²) in [7, 11) is 3.30. The molecular formula is C19H28ClN5O4. The zero-order valence-electron chi connectivity index (χ0n) is 17.5. The number of piperazine rings is 1. The van der Waals surface area contributed by atoms with Gasteiger partial charge in [0.25, 0.3) is 5.56 Å². The molecule has 0 bridgehead atoms. The Hall–Kier alpha value is -2.26. The van der Waals surface area contributed by atoms with Gasteiger partial charge in [0.2, 0.25) is 0 Å². The smallest absolute Gasteiger partial charge is 0.410 e. The molecule has 2 aromatic rings. The number of methoxy groups -OCH3 is 1. The van der Waals surface area contributed by atoms with E-state index in [0.29, 0.717) is 43.3 Å². The summed E-state index contributed by atoms with van der Waals surface area (Å²) in [6.45, 7) is 7.35. The summed E-state index contributed by atoms with van der Waals surface area (Å²) in [6, 6.07) is 1.43. The van der Waals surface area contributed by atoms with E-state index >= 15 is 0 Å². The average molecular weight is 426 g/mol. The molecule has 0 saturated carbocycles. The van der Waals surface area contributed by atoms with Crippen molar-refractivity contribution in [2.45, 2.75) is 38.3 Å². The van der Waals surface area contributed by atoms with Crippen LogP contribution in [0, 0.1) is 0 Å². The summed E-state index contributed by atoms with van der Waals surface area (Å²) in [6.07, 6.45) is 1.41. The number of anilines is 1. The first-order valence-corrected chi connectivity index (χ1v) is 10.1. The highest BCUT2D eigenvalue weighted by Crippen LogP contribution is 2.25. The third-order valence-corrected chi connectivity index (χ3v) is 5.08. The molecule has 1 fully saturated rings. The number of hydrogen-bond acceptors (Lipinski definition) is 6. The second kappa shape index (κ2) is 8.23. The number of rotatable bonds is 4. The maximum atomic E-state index is 12.5. The Balaban J connectivity index is 1.94. The molecule has 10 heteroatoms. The van der Waals surface area contributed by atoms with Gasteiger partial charge in [-0.25, -0.2) is 19.0 Å². The SMILES string of the molecule is COCC1CN(C(=O)OC(C)(C)C)CCN1c1cc(=O)n(C)n2cc(CCl)nc12. The molecule has 1 aliphatic rings. The van der Waals surface area contributed by atoms with E-state index in [1.165, 1.54) is 4.68 Å². The van der Waals surface area contributed by atoms with Crippen LogP contribution in [-0.4, -0.2) is 70.2 Å². The van der Waals surface area contributed by atoms with E-state index in [1.807, 2.05) is 20.8 Å². The van der Waals surface area contributed by atoms with Gasteiger partial charge >= 0.3 is 6.09 Å². The van der Waals surface area contributed by atoms with Crippen LogP contribution in [-0.2, 0) is 22.4 Å². The molecule has 0 aliphatic carbocycles. The van der Waals surface area contributed by atoms with Crippen molar-refractivity contribution in [3.63, 3.8) is 0 Å². The number of aryl methyl sites for hydroxylation is 1. The number of fused-ring (bicyclic) bond motifs is 1. The van der Waals surface area contributed by atoms with Crippen LogP contribution in [0.4, 0.5) is 10.5 Å². The molecule has 0 N–H and O–H groups in total. The van der Waals surface area contributed by atoms with Gasteiger partial charge in [0.05, 0.1) is 36.1 Å². The Morgan fingerprint density at radius 2 is 2.07 bits per heavy atom. The largest absolute Gasteiger partial charge is 0.444 e. The van der Waals surface area contributed by atoms with Gasteiger partial charge in [0.1, 0.15) is 5.60 Å². The number of imidazole rings is 1. The lowest BCUT2D eigenvalue weighted by Gasteiger charge is -2.42. The molecule has 1 unspecified atom stereocenters. The van der Waals surface area contributed by atoms with Crippen LogP contribution in [0.15, 0.2) is 17.1 Å². The number of hydrogen-bond donors (Lipinski definition) is 0. The number of alkyl halides is 1. The molecule has 0 radical (unpaired) electrons. The Labute approximate surface area is 174 Å². The fraction of sp³-hybridized carbons (Fsp3) is 0.632. The van der Waals surface area contributed by atoms with E-state index in [2.05, 4.69) is 9.88 Å². The molecule has 1 atom stereocenters. The number of nitrogens with zero attached hydrogens (tertiary/aromatic N) is 5. The van der Waals surface area contributed by atoms with Crippen LogP contribution < -0.4 is 10.5 Å². The molecule has 1 aliphatic heterocycles. The van der Waals surface area contributed by atoms with Crippen molar-refractivity contribution < 1.29 is 14.3 Å². The van der Waals surface area contributed by atoms with Crippen LogP contribution in [0.1, 0.15) is 26.5 Å². The molecule has 3 rings (SSSR count). The first-order valence-electron chi connectivity index (χ1n) is 9.52. The lowest BCUT2D eigenvalue weighted by atomic mass is 10.1. The van der Waals surface area contributed by atoms with Crippen molar-refractivity contribution in [1.29, 1.82) is 0 Å². The molecule has 2 aromatic heterocycles. The standard InChI is InChI=1S/C19H28ClN5O4/c1-19(2,3)29-18(27)23-6-7-24(14(11-23)12-28-5)15-8-16(26)22(4)25-10-13(9-20)21-17(15)25/h8,10,14H,6-7,9,11-12H2,1-5H3. The summed E-state index contributed by atoms with van der Waals surface area (Å²) >= 11 is 5.96. The van der Waals surface area contributed by atoms with Crippen molar-refractivity contribution >= 4 is 29.0 Å². The number of halogens is 1. The Morgan fingerprint density at radius 3 is 2.69 bits per heavy atom. The van der Waals surface area contributed by atoms with Gasteiger partial charge in [0.15, 0.2) is 5.65 Å². The van der Waals surface area contributed by atoms with Gasteiger partial charge in [0, 0.05) is 39.9 Å². The van der Waals surface area contributed by atoms with E-state index in [0.717, 1.165) is 0 Å². The number of aromatic nitrogens is 3. The second-order valence-electron chi connectivity index (χ2n) is 8.15. The number of ether oxygens (including phenoxy) is 2. The lowest BCUT2D eigenvalue weighted by Crippen LogP contribution is -2.57. The van der Waals surface area contributed by atoms with E-state index in [9.17, 15) is 9.59 Å². The molecule has 0 spiro atoms. The Bertz CT molecular complexity index is 948. The zero-order valence-corrected chi connectivity index (χ0v) is 18.3. The van der Waals surface area contributed by atoms with Crippen LogP contribution in [0.3, 0.4) is 0 Å². The van der Waals surface area contributed by atoms with Crippen LogP contribution in [0.2, 0.25) is 0 Å². The maximum absolute atomic E-state index is 12.5. The highest BCUT2D eigenvalue weighted by Gasteiger charge is 2.33. The van der Waals surface area contributed by atoms with Gasteiger partial charge in [-0.05, 0) is 20.8 Å². The van der Waals surface area contributed by atoms with Gasteiger partial charge in [-0.2, -0.15) is 0 Å². The zero-order chi connectivity index (χ0) is 21.3. The number of carbonyl (C=O) groups excluding carboxylic acids is 1. The topological polar surface area (TPSA) is 81.3 Å². The van der Waals surface area contributed by atoms with Gasteiger partial charge < -0.3 is 19.3 Å². The minimum absolute atomic E-state index is 0.145. The summed E-state index contributed by atoms with van der Waals surface area (Å²) in [5.41, 5.74) is 1.32. The Morgan fingerprint density at radius 1 is 1.34 bits per heavy atom. The highest BCUT2D eigenvalue weighted by molar-refractivity contribution is 6.16. The Kier molecular flexibility index (Phi) is 6.09. The van der Waals surface area contributed by atoms with Gasteiger partial charge in [-0.1, -0.05) is 0 Å². The summed E-state index contributed by atoms with van der Waals surface area (Å²) in [4.78, 5) is 33.4. The van der Waals surface area contributed by atoms with E-state index in [4.69, 9.17) is 21.1 Å². The summed E-state index contributed by atoms with van der Waals surface area (Å²) in [5.74, 6) is 0.253. The van der Waals surface area contributed by atoms with E-state index in [1.54, 1.807) is 35.8 Å². The van der Waals surface area contributed by atoms with Crippen molar-refractivity contribution in [1.82, 2.24) is 19.1 Å². The van der Waals surface area contributed by atoms with E-state index in [-0.39, 0.29) is 23.6 Å². The fourth-order valence-electron chi connectivity index (χ4n) is 3.48. The molecular weight excluding hydrogens is 398 g/mol. The lowest BCUT2D eigenvalue weighted by molar-refractivity contribution is 0.0186. The van der Waals surface area contributed by atoms with Crippen molar-refractivity contribution in [2.75, 3.05) is 38.3 Å². The quantitative estimate of drug-likeness (QED) is 0.695. The van der Waals surface area contributed by atoms with Crippen LogP contribution >= 0.6 is 11.6 Å². The highest BCUT2D eigenvalue weighted by atomic mass is 35.5. The van der Waals surface area contributed by atoms with Crippen molar-refractivity contribution in [3.8, 4) is 0 Å². The first-order chi connectivity index (χ1) is 13.6. The normalized spacial score (nSPS) is 17.8. The third-order valence-electron chi connectivity index (χ3n) is 4.81. The minimum atomic E-state index is -0.559. The monoisotopic (exact) mass is 425 g/mol. The first kappa shape index (κ1) is 21.4. The number of carbonyl (C=O) groups is 1. The van der Waals surface area contributed by atoms with Gasteiger partial charge in [-0.15, -0.1) is 11.6 Å². The van der Waals surface area contributed by atoms with Crippen LogP contribution in [0.25, 0.3) is 5.65 Å². The molecule has 9 nitrogen and oxygen atoms in total. The molecule has 1 amide bonds. The molecule has 29 heavy (non-hydrogen) atoms. The molecule has 1 saturated heterocycles. The van der Waals surface area contributed by atoms with Crippen LogP contribution in [0.5, 0.6) is 0 Å². The second-order valence-corrected chi connectivity index (χ2v) is 8.42. The predicted octanol–water partition coefficient (Wildman–Crippen LogP) is 1.84. The maximum Gasteiger partial charge on any atom is 0.410 e. The molecule has 0 aromatic carbocycles. The minimum Gasteiger partial charge on any atom is -0.444 e. The fourth-order valence-corrected chi connectivity index (χ4v) is 3.61. The van der Waals surface area contributed by atoms with Gasteiger partial charge in [-0.3, -0.25) is 4.79 Å². The third kappa shape index (κ3) is 4.51. The molecule has 3 heterocycles. The van der Waals surface area contributed by atoms with Crippen molar-refractivity contribution in [2.24, 2.45) is 7.05 Å². The van der Waals surface area contributed by atoms with Crippen molar-refractivity contribution in [3.05, 3.63) is 28.3 Å². The van der Waals surface area contributed by atoms with E-state index < -0.39 is 5.60 Å². The average Bonchev–Trinajstić information content (AvgIpc) is 3.08. The predicted molar refractivity (Wildman–Crippen MR) is 111 cm³/mol. The summed E-state index contributed by atoms with van der Waals surface area (Å²) in [5, 5.41) is 0.